The Labute approximate surface area is 93.9 Å². The molecule has 1 aromatic rings. The highest BCUT2D eigenvalue weighted by molar-refractivity contribution is 5.37. The van der Waals surface area contributed by atoms with E-state index in [1.165, 1.54) is 16.7 Å². The maximum absolute atomic E-state index is 3.37. The van der Waals surface area contributed by atoms with Gasteiger partial charge in [-0.05, 0) is 22.1 Å². The molecular weight excluding hydrogens is 182 g/mol. The molecule has 2 rings (SSSR count). The van der Waals surface area contributed by atoms with Gasteiger partial charge in [0.25, 0.3) is 0 Å². The number of nitrogens with one attached hydrogen (secondary N) is 1. The van der Waals surface area contributed by atoms with Gasteiger partial charge < -0.3 is 5.32 Å². The van der Waals surface area contributed by atoms with Crippen LogP contribution < -0.4 is 5.32 Å². The third-order valence-electron chi connectivity index (χ3n) is 2.70. The van der Waals surface area contributed by atoms with Crippen LogP contribution in [0.2, 0.25) is 0 Å². The Morgan fingerprint density at radius 2 is 1.60 bits per heavy atom. The molecule has 1 aromatic carbocycles. The maximum atomic E-state index is 3.37. The third kappa shape index (κ3) is 2.82. The molecule has 1 aliphatic rings. The Balaban J connectivity index is 0.000000531. The highest BCUT2D eigenvalue weighted by atomic mass is 14.9. The van der Waals surface area contributed by atoms with Crippen LogP contribution in [-0.2, 0) is 18.5 Å². The number of hydrogen-bond donors (Lipinski definition) is 1. The van der Waals surface area contributed by atoms with Gasteiger partial charge in [0, 0.05) is 13.1 Å². The molecule has 1 heterocycles. The predicted octanol–water partition coefficient (Wildman–Crippen LogP) is 3.61. The van der Waals surface area contributed by atoms with Crippen molar-refractivity contribution in [2.75, 3.05) is 0 Å². The van der Waals surface area contributed by atoms with Crippen molar-refractivity contribution in [1.82, 2.24) is 5.32 Å². The molecule has 1 nitrogen and oxygen atoms in total. The second-order valence-electron chi connectivity index (χ2n) is 4.84. The molecule has 0 fully saturated rings. The van der Waals surface area contributed by atoms with E-state index < -0.39 is 0 Å². The first-order chi connectivity index (χ1) is 7.07. The molecule has 1 N–H and O–H groups in total. The van der Waals surface area contributed by atoms with E-state index >= 15 is 0 Å². The van der Waals surface area contributed by atoms with Crippen LogP contribution in [0.3, 0.4) is 0 Å². The number of hydrogen-bond acceptors (Lipinski definition) is 1. The largest absolute Gasteiger partial charge is 0.309 e. The van der Waals surface area contributed by atoms with Crippen LogP contribution in [0.1, 0.15) is 51.3 Å². The standard InChI is InChI=1S/C12H17N.C2H6/c1-12(2,3)11-5-4-9-7-13-8-10(9)6-11;1-2/h4-6,13H,7-8H2,1-3H3;1-2H3. The molecule has 0 atom stereocenters. The second-order valence-corrected chi connectivity index (χ2v) is 4.84. The van der Waals surface area contributed by atoms with Gasteiger partial charge in [-0.25, -0.2) is 0 Å². The third-order valence-corrected chi connectivity index (χ3v) is 2.70. The summed E-state index contributed by atoms with van der Waals surface area (Å²) in [5.74, 6) is 0. The van der Waals surface area contributed by atoms with Gasteiger partial charge in [0.15, 0.2) is 0 Å². The minimum Gasteiger partial charge on any atom is -0.309 e. The Kier molecular flexibility index (Phi) is 3.92. The van der Waals surface area contributed by atoms with E-state index in [0.29, 0.717) is 0 Å². The smallest absolute Gasteiger partial charge is 0.0212 e. The quantitative estimate of drug-likeness (QED) is 0.682. The summed E-state index contributed by atoms with van der Waals surface area (Å²) in [5.41, 5.74) is 4.66. The molecule has 0 saturated carbocycles. The van der Waals surface area contributed by atoms with E-state index in [9.17, 15) is 0 Å². The fourth-order valence-corrected chi connectivity index (χ4v) is 1.76. The van der Waals surface area contributed by atoms with Crippen molar-refractivity contribution in [1.29, 1.82) is 0 Å². The van der Waals surface area contributed by atoms with Crippen molar-refractivity contribution in [2.24, 2.45) is 0 Å². The van der Waals surface area contributed by atoms with E-state index in [2.05, 4.69) is 44.3 Å². The van der Waals surface area contributed by atoms with Crippen molar-refractivity contribution in [3.8, 4) is 0 Å². The molecule has 15 heavy (non-hydrogen) atoms. The Bertz CT molecular complexity index is 321. The highest BCUT2D eigenvalue weighted by Crippen LogP contribution is 2.26. The average Bonchev–Trinajstić information content (AvgIpc) is 2.66. The van der Waals surface area contributed by atoms with Crippen LogP contribution in [0, 0.1) is 0 Å². The molecule has 0 bridgehead atoms. The van der Waals surface area contributed by atoms with Gasteiger partial charge in [0.2, 0.25) is 0 Å². The molecule has 0 amide bonds. The number of benzene rings is 1. The zero-order chi connectivity index (χ0) is 11.5. The molecule has 0 radical (unpaired) electrons. The lowest BCUT2D eigenvalue weighted by Gasteiger charge is -2.19. The van der Waals surface area contributed by atoms with Crippen LogP contribution in [-0.4, -0.2) is 0 Å². The molecule has 0 aliphatic carbocycles. The normalized spacial score (nSPS) is 14.2. The van der Waals surface area contributed by atoms with Crippen molar-refractivity contribution in [2.45, 2.75) is 53.1 Å². The molecule has 1 heteroatoms. The summed E-state index contributed by atoms with van der Waals surface area (Å²) >= 11 is 0. The van der Waals surface area contributed by atoms with Crippen LogP contribution in [0.25, 0.3) is 0 Å². The number of rotatable bonds is 0. The van der Waals surface area contributed by atoms with Gasteiger partial charge in [-0.15, -0.1) is 0 Å². The predicted molar refractivity (Wildman–Crippen MR) is 67.0 cm³/mol. The van der Waals surface area contributed by atoms with E-state index in [1.54, 1.807) is 0 Å². The SMILES string of the molecule is CC.CC(C)(C)c1ccc2c(c1)CNC2. The average molecular weight is 205 g/mol. The van der Waals surface area contributed by atoms with E-state index in [-0.39, 0.29) is 5.41 Å². The zero-order valence-corrected chi connectivity index (χ0v) is 10.6. The summed E-state index contributed by atoms with van der Waals surface area (Å²) in [6.07, 6.45) is 0. The van der Waals surface area contributed by atoms with Crippen molar-refractivity contribution in [3.63, 3.8) is 0 Å². The van der Waals surface area contributed by atoms with Gasteiger partial charge >= 0.3 is 0 Å². The molecule has 84 valence electrons. The van der Waals surface area contributed by atoms with Crippen molar-refractivity contribution >= 4 is 0 Å². The lowest BCUT2D eigenvalue weighted by molar-refractivity contribution is 0.589. The topological polar surface area (TPSA) is 12.0 Å². The summed E-state index contributed by atoms with van der Waals surface area (Å²) in [5, 5.41) is 3.37. The van der Waals surface area contributed by atoms with Crippen LogP contribution in [0.15, 0.2) is 18.2 Å². The first kappa shape index (κ1) is 12.3. The monoisotopic (exact) mass is 205 g/mol. The second kappa shape index (κ2) is 4.80. The zero-order valence-electron chi connectivity index (χ0n) is 10.6. The fraction of sp³-hybridized carbons (Fsp3) is 0.571. The summed E-state index contributed by atoms with van der Waals surface area (Å²) in [6.45, 7) is 12.9. The van der Waals surface area contributed by atoms with Gasteiger partial charge in [0.1, 0.15) is 0 Å². The molecule has 0 spiro atoms. The van der Waals surface area contributed by atoms with Gasteiger partial charge in [-0.1, -0.05) is 52.8 Å². The molecule has 0 unspecified atom stereocenters. The van der Waals surface area contributed by atoms with Crippen LogP contribution >= 0.6 is 0 Å². The Hall–Kier alpha value is -0.820. The van der Waals surface area contributed by atoms with Gasteiger partial charge in [0.05, 0.1) is 0 Å². The first-order valence-corrected chi connectivity index (χ1v) is 5.90. The van der Waals surface area contributed by atoms with E-state index in [1.807, 2.05) is 13.8 Å². The lowest BCUT2D eigenvalue weighted by atomic mass is 9.85. The van der Waals surface area contributed by atoms with Crippen LogP contribution in [0.4, 0.5) is 0 Å². The molecular formula is C14H23N. The van der Waals surface area contributed by atoms with Crippen molar-refractivity contribution in [3.05, 3.63) is 34.9 Å². The Morgan fingerprint density at radius 3 is 2.20 bits per heavy atom. The molecule has 0 aromatic heterocycles. The Morgan fingerprint density at radius 1 is 1.00 bits per heavy atom. The van der Waals surface area contributed by atoms with Crippen molar-refractivity contribution < 1.29 is 0 Å². The minimum atomic E-state index is 0.275. The summed E-state index contributed by atoms with van der Waals surface area (Å²) in [7, 11) is 0. The fourth-order valence-electron chi connectivity index (χ4n) is 1.76. The highest BCUT2D eigenvalue weighted by Gasteiger charge is 2.17. The maximum Gasteiger partial charge on any atom is 0.0212 e. The summed E-state index contributed by atoms with van der Waals surface area (Å²) in [4.78, 5) is 0. The molecule has 1 aliphatic heterocycles. The lowest BCUT2D eigenvalue weighted by Crippen LogP contribution is -2.11. The van der Waals surface area contributed by atoms with Crippen LogP contribution in [0.5, 0.6) is 0 Å². The van der Waals surface area contributed by atoms with Gasteiger partial charge in [-0.3, -0.25) is 0 Å². The van der Waals surface area contributed by atoms with E-state index in [0.717, 1.165) is 13.1 Å². The van der Waals surface area contributed by atoms with Gasteiger partial charge in [-0.2, -0.15) is 0 Å². The summed E-state index contributed by atoms with van der Waals surface area (Å²) < 4.78 is 0. The molecule has 0 saturated heterocycles. The first-order valence-electron chi connectivity index (χ1n) is 5.90. The number of fused-ring (bicyclic) bond motifs is 1. The summed E-state index contributed by atoms with van der Waals surface area (Å²) in [6, 6.07) is 6.86. The minimum absolute atomic E-state index is 0.275. The van der Waals surface area contributed by atoms with E-state index in [4.69, 9.17) is 0 Å².